The molecular weight excluding hydrogens is 192 g/mol. The van der Waals surface area contributed by atoms with Gasteiger partial charge < -0.3 is 10.6 Å². The third kappa shape index (κ3) is 4.67. The van der Waals surface area contributed by atoms with Crippen molar-refractivity contribution in [1.29, 1.82) is 0 Å². The third-order valence-corrected chi connectivity index (χ3v) is 3.64. The van der Waals surface area contributed by atoms with Crippen molar-refractivity contribution in [2.24, 2.45) is 0 Å². The van der Waals surface area contributed by atoms with Crippen LogP contribution in [0, 0.1) is 0 Å². The summed E-state index contributed by atoms with van der Waals surface area (Å²) in [5, 5.41) is 7.24. The zero-order valence-corrected chi connectivity index (χ0v) is 10.3. The van der Waals surface area contributed by atoms with Crippen LogP contribution in [0.15, 0.2) is 0 Å². The van der Waals surface area contributed by atoms with Gasteiger partial charge >= 0.3 is 0 Å². The van der Waals surface area contributed by atoms with E-state index in [0.29, 0.717) is 6.04 Å². The van der Waals surface area contributed by atoms with Crippen molar-refractivity contribution in [3.8, 4) is 0 Å². The molecule has 0 aromatic carbocycles. The van der Waals surface area contributed by atoms with Gasteiger partial charge in [0.1, 0.15) is 0 Å². The molecule has 0 amide bonds. The lowest BCUT2D eigenvalue weighted by Crippen LogP contribution is -2.39. The van der Waals surface area contributed by atoms with Crippen molar-refractivity contribution in [1.82, 2.24) is 10.6 Å². The Morgan fingerprint density at radius 1 is 1.43 bits per heavy atom. The highest BCUT2D eigenvalue weighted by Crippen LogP contribution is 2.09. The van der Waals surface area contributed by atoms with Crippen molar-refractivity contribution in [2.45, 2.75) is 44.7 Å². The Labute approximate surface area is 92.6 Å². The average Bonchev–Trinajstić information content (AvgIpc) is 2.45. The predicted octanol–water partition coefficient (Wildman–Crippen LogP) is 1.86. The van der Waals surface area contributed by atoms with Gasteiger partial charge in [-0.15, -0.1) is 0 Å². The minimum atomic E-state index is 0.716. The van der Waals surface area contributed by atoms with Gasteiger partial charge in [0.2, 0.25) is 0 Å². The summed E-state index contributed by atoms with van der Waals surface area (Å²) in [5.74, 6) is 1.25. The summed E-state index contributed by atoms with van der Waals surface area (Å²) >= 11 is 1.95. The third-order valence-electron chi connectivity index (χ3n) is 2.91. The highest BCUT2D eigenvalue weighted by atomic mass is 32.2. The molecule has 0 aromatic heterocycles. The Bertz CT molecular complexity index is 133. The largest absolute Gasteiger partial charge is 0.317 e. The van der Waals surface area contributed by atoms with E-state index in [-0.39, 0.29) is 0 Å². The summed E-state index contributed by atoms with van der Waals surface area (Å²) < 4.78 is 0. The molecule has 1 saturated heterocycles. The standard InChI is InChI=1S/C11H24N2S/c1-3-10(9-14-2)13-11-5-4-7-12-8-6-11/h10-13H,3-9H2,1-2H3. The number of hydrogen-bond donors (Lipinski definition) is 2. The zero-order chi connectivity index (χ0) is 10.2. The van der Waals surface area contributed by atoms with Gasteiger partial charge in [-0.25, -0.2) is 0 Å². The van der Waals surface area contributed by atoms with Crippen LogP contribution in [-0.4, -0.2) is 37.2 Å². The van der Waals surface area contributed by atoms with Gasteiger partial charge in [-0.05, 0) is 45.0 Å². The first-order chi connectivity index (χ1) is 6.86. The summed E-state index contributed by atoms with van der Waals surface area (Å²) in [6, 6.07) is 1.47. The summed E-state index contributed by atoms with van der Waals surface area (Å²) in [5.41, 5.74) is 0. The molecule has 0 bridgehead atoms. The molecule has 0 aromatic rings. The quantitative estimate of drug-likeness (QED) is 0.733. The van der Waals surface area contributed by atoms with Crippen molar-refractivity contribution in [3.63, 3.8) is 0 Å². The number of rotatable bonds is 5. The second kappa shape index (κ2) is 7.55. The molecule has 2 unspecified atom stereocenters. The lowest BCUT2D eigenvalue weighted by molar-refractivity contribution is 0.411. The van der Waals surface area contributed by atoms with Crippen LogP contribution in [-0.2, 0) is 0 Å². The lowest BCUT2D eigenvalue weighted by Gasteiger charge is -2.23. The maximum atomic E-state index is 3.79. The van der Waals surface area contributed by atoms with Crippen molar-refractivity contribution in [3.05, 3.63) is 0 Å². The van der Waals surface area contributed by atoms with Crippen molar-refractivity contribution < 1.29 is 0 Å². The van der Waals surface area contributed by atoms with Gasteiger partial charge in [-0.2, -0.15) is 11.8 Å². The smallest absolute Gasteiger partial charge is 0.0158 e. The highest BCUT2D eigenvalue weighted by Gasteiger charge is 2.14. The van der Waals surface area contributed by atoms with Gasteiger partial charge in [0.15, 0.2) is 0 Å². The monoisotopic (exact) mass is 216 g/mol. The molecule has 0 radical (unpaired) electrons. The zero-order valence-electron chi connectivity index (χ0n) is 9.51. The fraction of sp³-hybridized carbons (Fsp3) is 1.00. The Kier molecular flexibility index (Phi) is 6.65. The molecule has 1 aliphatic rings. The maximum Gasteiger partial charge on any atom is 0.0158 e. The van der Waals surface area contributed by atoms with E-state index in [2.05, 4.69) is 23.8 Å². The van der Waals surface area contributed by atoms with E-state index in [1.165, 1.54) is 44.5 Å². The second-order valence-electron chi connectivity index (χ2n) is 4.11. The van der Waals surface area contributed by atoms with E-state index in [1.54, 1.807) is 0 Å². The van der Waals surface area contributed by atoms with Crippen LogP contribution in [0.4, 0.5) is 0 Å². The van der Waals surface area contributed by atoms with Gasteiger partial charge in [-0.3, -0.25) is 0 Å². The molecule has 2 N–H and O–H groups in total. The van der Waals surface area contributed by atoms with E-state index in [1.807, 2.05) is 11.8 Å². The van der Waals surface area contributed by atoms with E-state index in [4.69, 9.17) is 0 Å². The van der Waals surface area contributed by atoms with E-state index < -0.39 is 0 Å². The molecule has 1 aliphatic heterocycles. The molecule has 1 heterocycles. The normalized spacial score (nSPS) is 25.7. The number of hydrogen-bond acceptors (Lipinski definition) is 3. The maximum absolute atomic E-state index is 3.79. The molecule has 14 heavy (non-hydrogen) atoms. The fourth-order valence-electron chi connectivity index (χ4n) is 2.00. The SMILES string of the molecule is CCC(CSC)NC1CCCNCC1. The Morgan fingerprint density at radius 3 is 3.00 bits per heavy atom. The Morgan fingerprint density at radius 2 is 2.29 bits per heavy atom. The molecule has 84 valence electrons. The highest BCUT2D eigenvalue weighted by molar-refractivity contribution is 7.98. The molecular formula is C11H24N2S. The summed E-state index contributed by atoms with van der Waals surface area (Å²) in [7, 11) is 0. The molecule has 2 atom stereocenters. The van der Waals surface area contributed by atoms with Crippen molar-refractivity contribution >= 4 is 11.8 Å². The van der Waals surface area contributed by atoms with E-state index >= 15 is 0 Å². The Balaban J connectivity index is 2.24. The van der Waals surface area contributed by atoms with Gasteiger partial charge in [0, 0.05) is 17.8 Å². The molecule has 2 nitrogen and oxygen atoms in total. The van der Waals surface area contributed by atoms with Gasteiger partial charge in [0.05, 0.1) is 0 Å². The minimum absolute atomic E-state index is 0.716. The second-order valence-corrected chi connectivity index (χ2v) is 5.02. The minimum Gasteiger partial charge on any atom is -0.317 e. The average molecular weight is 216 g/mol. The van der Waals surface area contributed by atoms with Crippen LogP contribution in [0.2, 0.25) is 0 Å². The number of thioether (sulfide) groups is 1. The van der Waals surface area contributed by atoms with Crippen LogP contribution in [0.25, 0.3) is 0 Å². The first-order valence-corrected chi connectivity index (χ1v) is 7.22. The van der Waals surface area contributed by atoms with E-state index in [9.17, 15) is 0 Å². The molecule has 1 rings (SSSR count). The molecule has 1 fully saturated rings. The van der Waals surface area contributed by atoms with Gasteiger partial charge in [0.25, 0.3) is 0 Å². The lowest BCUT2D eigenvalue weighted by atomic mass is 10.1. The topological polar surface area (TPSA) is 24.1 Å². The summed E-state index contributed by atoms with van der Waals surface area (Å²) in [4.78, 5) is 0. The molecule has 0 saturated carbocycles. The van der Waals surface area contributed by atoms with E-state index in [0.717, 1.165) is 6.04 Å². The van der Waals surface area contributed by atoms with Crippen molar-refractivity contribution in [2.75, 3.05) is 25.1 Å². The van der Waals surface area contributed by atoms with Crippen LogP contribution < -0.4 is 10.6 Å². The predicted molar refractivity (Wildman–Crippen MR) is 66.1 cm³/mol. The molecule has 3 heteroatoms. The van der Waals surface area contributed by atoms with Crippen LogP contribution >= 0.6 is 11.8 Å². The molecule has 0 aliphatic carbocycles. The first-order valence-electron chi connectivity index (χ1n) is 5.82. The number of nitrogens with one attached hydrogen (secondary N) is 2. The Hall–Kier alpha value is 0.270. The summed E-state index contributed by atoms with van der Waals surface area (Å²) in [6.07, 6.45) is 7.42. The summed E-state index contributed by atoms with van der Waals surface area (Å²) in [6.45, 7) is 4.67. The van der Waals surface area contributed by atoms with Crippen LogP contribution in [0.1, 0.15) is 32.6 Å². The van der Waals surface area contributed by atoms with Crippen LogP contribution in [0.5, 0.6) is 0 Å². The fourth-order valence-corrected chi connectivity index (χ4v) is 2.74. The van der Waals surface area contributed by atoms with Crippen LogP contribution in [0.3, 0.4) is 0 Å². The van der Waals surface area contributed by atoms with Gasteiger partial charge in [-0.1, -0.05) is 6.92 Å². The first kappa shape index (κ1) is 12.3. The molecule has 0 spiro atoms.